The predicted octanol–water partition coefficient (Wildman–Crippen LogP) is 4.54. The van der Waals surface area contributed by atoms with E-state index in [1.807, 2.05) is 23.1 Å². The van der Waals surface area contributed by atoms with Gasteiger partial charge in [0.15, 0.2) is 0 Å². The molecule has 5 nitrogen and oxygen atoms in total. The van der Waals surface area contributed by atoms with E-state index in [1.165, 1.54) is 6.07 Å². The Labute approximate surface area is 174 Å². The highest BCUT2D eigenvalue weighted by molar-refractivity contribution is 5.93. The van der Waals surface area contributed by atoms with Crippen LogP contribution in [0.15, 0.2) is 42.5 Å². The number of carbonyl (C=O) groups is 2. The number of ether oxygens (including phenoxy) is 1. The summed E-state index contributed by atoms with van der Waals surface area (Å²) in [6, 6.07) is 9.96. The largest absolute Gasteiger partial charge is 0.457 e. The quantitative estimate of drug-likeness (QED) is 0.555. The standard InChI is InChI=1S/C24H21FN2O3/c1-26-22-13-17(5-7-21(22)25)3-2-16-8-10-27(11-9-16)23(28)14-18-4-6-20-19(12-18)15-30-24(20)29/h2-7,12-13,16H,8-11,14-15H2/b3-2+. The van der Waals surface area contributed by atoms with Crippen molar-refractivity contribution in [2.45, 2.75) is 25.9 Å². The van der Waals surface area contributed by atoms with E-state index in [9.17, 15) is 14.0 Å². The molecule has 2 aliphatic rings. The Hall–Kier alpha value is -3.46. The van der Waals surface area contributed by atoms with Crippen molar-refractivity contribution in [3.05, 3.63) is 82.0 Å². The summed E-state index contributed by atoms with van der Waals surface area (Å²) in [6.45, 7) is 8.66. The molecule has 0 saturated carbocycles. The van der Waals surface area contributed by atoms with E-state index < -0.39 is 5.82 Å². The maximum Gasteiger partial charge on any atom is 0.338 e. The molecule has 0 unspecified atom stereocenters. The summed E-state index contributed by atoms with van der Waals surface area (Å²) in [7, 11) is 0. The van der Waals surface area contributed by atoms with Crippen molar-refractivity contribution in [3.8, 4) is 0 Å². The van der Waals surface area contributed by atoms with Gasteiger partial charge in [0.25, 0.3) is 0 Å². The number of rotatable bonds is 4. The van der Waals surface area contributed by atoms with Gasteiger partial charge < -0.3 is 9.64 Å². The average Bonchev–Trinajstić information content (AvgIpc) is 3.13. The van der Waals surface area contributed by atoms with Gasteiger partial charge in [-0.15, -0.1) is 0 Å². The van der Waals surface area contributed by atoms with Crippen LogP contribution in [-0.2, 0) is 22.6 Å². The Balaban J connectivity index is 1.30. The molecule has 2 aromatic carbocycles. The minimum absolute atomic E-state index is 0.0278. The van der Waals surface area contributed by atoms with Crippen molar-refractivity contribution in [3.63, 3.8) is 0 Å². The third-order valence-electron chi connectivity index (χ3n) is 5.65. The predicted molar refractivity (Wildman–Crippen MR) is 110 cm³/mol. The van der Waals surface area contributed by atoms with E-state index in [4.69, 9.17) is 11.3 Å². The van der Waals surface area contributed by atoms with Crippen LogP contribution in [0.4, 0.5) is 10.1 Å². The van der Waals surface area contributed by atoms with Gasteiger partial charge in [0.05, 0.1) is 18.6 Å². The van der Waals surface area contributed by atoms with Crippen molar-refractivity contribution >= 4 is 23.6 Å². The fraction of sp³-hybridized carbons (Fsp3) is 0.292. The molecular formula is C24H21FN2O3. The minimum atomic E-state index is -0.503. The second-order valence-corrected chi connectivity index (χ2v) is 7.64. The highest BCUT2D eigenvalue weighted by Crippen LogP contribution is 2.24. The number of allylic oxidation sites excluding steroid dienone is 1. The first kappa shape index (κ1) is 19.8. The van der Waals surface area contributed by atoms with Crippen LogP contribution in [0, 0.1) is 18.3 Å². The van der Waals surface area contributed by atoms with Crippen molar-refractivity contribution in [2.75, 3.05) is 13.1 Å². The molecular weight excluding hydrogens is 383 g/mol. The third kappa shape index (κ3) is 4.25. The number of nitrogens with zero attached hydrogens (tertiary/aromatic N) is 2. The second-order valence-electron chi connectivity index (χ2n) is 7.64. The number of benzene rings is 2. The van der Waals surface area contributed by atoms with Gasteiger partial charge in [-0.1, -0.05) is 30.4 Å². The highest BCUT2D eigenvalue weighted by atomic mass is 19.1. The Bertz CT molecular complexity index is 1060. The molecule has 0 spiro atoms. The van der Waals surface area contributed by atoms with E-state index in [-0.39, 0.29) is 24.2 Å². The van der Waals surface area contributed by atoms with Crippen LogP contribution in [0.5, 0.6) is 0 Å². The van der Waals surface area contributed by atoms with Crippen LogP contribution in [0.3, 0.4) is 0 Å². The summed E-state index contributed by atoms with van der Waals surface area (Å²) in [5, 5.41) is 0. The van der Waals surface area contributed by atoms with E-state index in [0.29, 0.717) is 31.0 Å². The molecule has 2 heterocycles. The van der Waals surface area contributed by atoms with Crippen molar-refractivity contribution < 1.29 is 18.7 Å². The van der Waals surface area contributed by atoms with Gasteiger partial charge in [-0.05, 0) is 48.1 Å². The summed E-state index contributed by atoms with van der Waals surface area (Å²) in [6.07, 6.45) is 6.05. The van der Waals surface area contributed by atoms with Crippen LogP contribution in [-0.4, -0.2) is 29.9 Å². The molecule has 4 rings (SSSR count). The summed E-state index contributed by atoms with van der Waals surface area (Å²) < 4.78 is 18.4. The van der Waals surface area contributed by atoms with E-state index in [2.05, 4.69) is 10.9 Å². The lowest BCUT2D eigenvalue weighted by Gasteiger charge is -2.31. The average molecular weight is 404 g/mol. The topological polar surface area (TPSA) is 51.0 Å². The summed E-state index contributed by atoms with van der Waals surface area (Å²) >= 11 is 0. The van der Waals surface area contributed by atoms with Crippen LogP contribution >= 0.6 is 0 Å². The molecule has 1 saturated heterocycles. The van der Waals surface area contributed by atoms with Gasteiger partial charge in [0.1, 0.15) is 12.4 Å². The lowest BCUT2D eigenvalue weighted by Crippen LogP contribution is -2.39. The normalized spacial score (nSPS) is 16.4. The first-order valence-electron chi connectivity index (χ1n) is 9.95. The molecule has 2 aliphatic heterocycles. The molecule has 0 aromatic heterocycles. The van der Waals surface area contributed by atoms with Gasteiger partial charge in [-0.25, -0.2) is 14.0 Å². The van der Waals surface area contributed by atoms with Crippen LogP contribution in [0.2, 0.25) is 0 Å². The molecule has 1 amide bonds. The zero-order valence-electron chi connectivity index (χ0n) is 16.4. The minimum Gasteiger partial charge on any atom is -0.457 e. The number of hydrogen-bond donors (Lipinski definition) is 0. The maximum absolute atomic E-state index is 13.4. The Morgan fingerprint density at radius 2 is 2.03 bits per heavy atom. The SMILES string of the molecule is [C-]#[N+]c1cc(/C=C/C2CCN(C(=O)Cc3ccc4c(c3)COC4=O)CC2)ccc1F. The molecule has 2 aromatic rings. The summed E-state index contributed by atoms with van der Waals surface area (Å²) in [5.41, 5.74) is 3.16. The molecule has 0 radical (unpaired) electrons. The molecule has 6 heteroatoms. The van der Waals surface area contributed by atoms with Gasteiger partial charge in [0, 0.05) is 18.7 Å². The van der Waals surface area contributed by atoms with Gasteiger partial charge in [0.2, 0.25) is 11.6 Å². The number of esters is 1. The molecule has 152 valence electrons. The fourth-order valence-corrected chi connectivity index (χ4v) is 3.89. The number of piperidine rings is 1. The number of cyclic esters (lactones) is 1. The summed E-state index contributed by atoms with van der Waals surface area (Å²) in [5.74, 6) is -0.373. The summed E-state index contributed by atoms with van der Waals surface area (Å²) in [4.78, 5) is 29.3. The zero-order chi connectivity index (χ0) is 21.1. The number of halogens is 1. The smallest absolute Gasteiger partial charge is 0.338 e. The fourth-order valence-electron chi connectivity index (χ4n) is 3.89. The Morgan fingerprint density at radius 3 is 2.80 bits per heavy atom. The van der Waals surface area contributed by atoms with Crippen LogP contribution in [0.1, 0.15) is 39.9 Å². The number of carbonyl (C=O) groups excluding carboxylic acids is 2. The van der Waals surface area contributed by atoms with E-state index in [0.717, 1.165) is 29.5 Å². The van der Waals surface area contributed by atoms with E-state index in [1.54, 1.807) is 18.2 Å². The number of fused-ring (bicyclic) bond motifs is 1. The first-order chi connectivity index (χ1) is 14.5. The monoisotopic (exact) mass is 404 g/mol. The first-order valence-corrected chi connectivity index (χ1v) is 9.95. The lowest BCUT2D eigenvalue weighted by atomic mass is 9.95. The number of likely N-dealkylation sites (tertiary alicyclic amines) is 1. The van der Waals surface area contributed by atoms with Crippen molar-refractivity contribution in [1.29, 1.82) is 0 Å². The Kier molecular flexibility index (Phi) is 5.62. The number of amides is 1. The van der Waals surface area contributed by atoms with E-state index >= 15 is 0 Å². The third-order valence-corrected chi connectivity index (χ3v) is 5.65. The maximum atomic E-state index is 13.4. The molecule has 0 bridgehead atoms. The molecule has 0 atom stereocenters. The Morgan fingerprint density at radius 1 is 1.23 bits per heavy atom. The zero-order valence-corrected chi connectivity index (χ0v) is 16.4. The van der Waals surface area contributed by atoms with Crippen molar-refractivity contribution in [2.24, 2.45) is 5.92 Å². The molecule has 0 N–H and O–H groups in total. The van der Waals surface area contributed by atoms with Gasteiger partial charge in [-0.3, -0.25) is 4.79 Å². The van der Waals surface area contributed by atoms with Crippen molar-refractivity contribution in [1.82, 2.24) is 4.90 Å². The molecule has 0 aliphatic carbocycles. The second kappa shape index (κ2) is 8.50. The molecule has 30 heavy (non-hydrogen) atoms. The van der Waals surface area contributed by atoms with Gasteiger partial charge in [-0.2, -0.15) is 0 Å². The number of hydrogen-bond acceptors (Lipinski definition) is 3. The van der Waals surface area contributed by atoms with Gasteiger partial charge >= 0.3 is 5.97 Å². The lowest BCUT2D eigenvalue weighted by molar-refractivity contribution is -0.131. The van der Waals surface area contributed by atoms with Crippen LogP contribution in [0.25, 0.3) is 10.9 Å². The van der Waals surface area contributed by atoms with Crippen LogP contribution < -0.4 is 0 Å². The highest BCUT2D eigenvalue weighted by Gasteiger charge is 2.24. The molecule has 1 fully saturated rings.